The lowest BCUT2D eigenvalue weighted by Gasteiger charge is -2.28. The third kappa shape index (κ3) is 3.12. The van der Waals surface area contributed by atoms with Gasteiger partial charge in [-0.15, -0.1) is 10.2 Å². The molecule has 2 heterocycles. The summed E-state index contributed by atoms with van der Waals surface area (Å²) < 4.78 is 0. The first kappa shape index (κ1) is 15.7. The zero-order valence-corrected chi connectivity index (χ0v) is 13.3. The van der Waals surface area contributed by atoms with Crippen molar-refractivity contribution in [1.82, 2.24) is 25.5 Å². The lowest BCUT2D eigenvalue weighted by molar-refractivity contribution is -0.123. The van der Waals surface area contributed by atoms with Crippen molar-refractivity contribution in [2.75, 3.05) is 0 Å². The molecule has 3 rings (SSSR count). The number of allylic oxidation sites excluding steroid dienone is 3. The highest BCUT2D eigenvalue weighted by Gasteiger charge is 2.42. The Morgan fingerprint density at radius 1 is 1.43 bits per heavy atom. The molecular formula is C15H23N7O. The van der Waals surface area contributed by atoms with Crippen molar-refractivity contribution in [1.29, 1.82) is 0 Å². The quantitative estimate of drug-likeness (QED) is 0.714. The molecule has 0 radical (unpaired) electrons. The summed E-state index contributed by atoms with van der Waals surface area (Å²) in [6.07, 6.45) is 9.51. The molecule has 0 bridgehead atoms. The van der Waals surface area contributed by atoms with E-state index in [0.717, 1.165) is 31.4 Å². The van der Waals surface area contributed by atoms with Gasteiger partial charge in [-0.05, 0) is 55.9 Å². The van der Waals surface area contributed by atoms with Crippen molar-refractivity contribution in [3.8, 4) is 0 Å². The van der Waals surface area contributed by atoms with Crippen LogP contribution in [0.1, 0.15) is 38.4 Å². The van der Waals surface area contributed by atoms with E-state index in [1.165, 1.54) is 0 Å². The van der Waals surface area contributed by atoms with E-state index in [4.69, 9.17) is 11.5 Å². The van der Waals surface area contributed by atoms with Gasteiger partial charge in [0.05, 0.1) is 6.54 Å². The van der Waals surface area contributed by atoms with Gasteiger partial charge in [-0.2, -0.15) is 4.80 Å². The molecule has 1 atom stereocenters. The van der Waals surface area contributed by atoms with E-state index in [2.05, 4.69) is 20.7 Å². The minimum atomic E-state index is -1.23. The zero-order valence-electron chi connectivity index (χ0n) is 13.3. The Morgan fingerprint density at radius 2 is 2.17 bits per heavy atom. The largest absolute Gasteiger partial charge is 0.367 e. The van der Waals surface area contributed by atoms with Gasteiger partial charge in [-0.25, -0.2) is 0 Å². The maximum absolute atomic E-state index is 12.0. The third-order valence-corrected chi connectivity index (χ3v) is 4.59. The molecule has 23 heavy (non-hydrogen) atoms. The van der Waals surface area contributed by atoms with E-state index < -0.39 is 11.4 Å². The molecule has 8 heteroatoms. The summed E-state index contributed by atoms with van der Waals surface area (Å²) >= 11 is 0. The number of nitrogens with two attached hydrogens (primary N) is 2. The summed E-state index contributed by atoms with van der Waals surface area (Å²) in [5.41, 5.74) is 11.1. The van der Waals surface area contributed by atoms with Gasteiger partial charge < -0.3 is 16.8 Å². The van der Waals surface area contributed by atoms with Crippen molar-refractivity contribution in [3.63, 3.8) is 0 Å². The minimum Gasteiger partial charge on any atom is -0.367 e. The van der Waals surface area contributed by atoms with Gasteiger partial charge in [0, 0.05) is 11.7 Å². The summed E-state index contributed by atoms with van der Waals surface area (Å²) in [6.45, 7) is 2.55. The lowest BCUT2D eigenvalue weighted by Crippen LogP contribution is -2.52. The number of tetrazole rings is 1. The average Bonchev–Trinajstić information content (AvgIpc) is 2.98. The standard InChI is InChI=1S/C15H23N7O/c1-10-3-2-8-15(18-10,13(17)23)14-19-21-22(20-14)9-11-4-6-12(16)7-5-11/h2-3,8,11-12,18H,4-7,9,16H2,1H3,(H2,17,23). The van der Waals surface area contributed by atoms with Crippen LogP contribution in [0.5, 0.6) is 0 Å². The Morgan fingerprint density at radius 3 is 2.83 bits per heavy atom. The summed E-state index contributed by atoms with van der Waals surface area (Å²) in [4.78, 5) is 13.6. The number of aromatic nitrogens is 4. The van der Waals surface area contributed by atoms with Crippen LogP contribution in [0.3, 0.4) is 0 Å². The van der Waals surface area contributed by atoms with Crippen LogP contribution in [0.25, 0.3) is 0 Å². The van der Waals surface area contributed by atoms with Crippen LogP contribution in [0.15, 0.2) is 23.9 Å². The molecule has 0 saturated heterocycles. The molecule has 1 aliphatic carbocycles. The second-order valence-corrected chi connectivity index (χ2v) is 6.45. The summed E-state index contributed by atoms with van der Waals surface area (Å²) in [6, 6.07) is 0.315. The smallest absolute Gasteiger partial charge is 0.255 e. The highest BCUT2D eigenvalue weighted by molar-refractivity contribution is 5.88. The van der Waals surface area contributed by atoms with Crippen LogP contribution in [-0.4, -0.2) is 32.2 Å². The van der Waals surface area contributed by atoms with Crippen LogP contribution < -0.4 is 16.8 Å². The Bertz CT molecular complexity index is 642. The van der Waals surface area contributed by atoms with Crippen molar-refractivity contribution >= 4 is 5.91 Å². The molecule has 1 aromatic rings. The van der Waals surface area contributed by atoms with E-state index in [1.54, 1.807) is 16.9 Å². The summed E-state index contributed by atoms with van der Waals surface area (Å²) in [5.74, 6) is 0.225. The van der Waals surface area contributed by atoms with Gasteiger partial charge in [0.1, 0.15) is 0 Å². The van der Waals surface area contributed by atoms with Gasteiger partial charge in [0.25, 0.3) is 5.91 Å². The number of carbonyl (C=O) groups is 1. The highest BCUT2D eigenvalue weighted by atomic mass is 16.1. The van der Waals surface area contributed by atoms with Crippen molar-refractivity contribution in [2.24, 2.45) is 17.4 Å². The van der Waals surface area contributed by atoms with E-state index in [0.29, 0.717) is 18.5 Å². The number of rotatable bonds is 4. The number of nitrogens with zero attached hydrogens (tertiary/aromatic N) is 4. The lowest BCUT2D eigenvalue weighted by atomic mass is 9.86. The van der Waals surface area contributed by atoms with Crippen molar-refractivity contribution in [2.45, 2.75) is 50.7 Å². The van der Waals surface area contributed by atoms with E-state index >= 15 is 0 Å². The second kappa shape index (κ2) is 6.11. The van der Waals surface area contributed by atoms with Crippen LogP contribution in [0.4, 0.5) is 0 Å². The molecule has 124 valence electrons. The molecule has 2 aliphatic rings. The Hall–Kier alpha value is -2.22. The molecule has 1 amide bonds. The number of primary amides is 1. The SMILES string of the molecule is CC1=CC=CC(C(N)=O)(c2nnn(CC3CCC(N)CC3)n2)N1. The predicted octanol–water partition coefficient (Wildman–Crippen LogP) is -0.0656. The first-order valence-corrected chi connectivity index (χ1v) is 7.97. The van der Waals surface area contributed by atoms with Gasteiger partial charge in [0.15, 0.2) is 5.54 Å². The van der Waals surface area contributed by atoms with Gasteiger partial charge in [0.2, 0.25) is 5.82 Å². The van der Waals surface area contributed by atoms with Crippen LogP contribution >= 0.6 is 0 Å². The zero-order chi connectivity index (χ0) is 16.4. The first-order valence-electron chi connectivity index (χ1n) is 7.97. The third-order valence-electron chi connectivity index (χ3n) is 4.59. The van der Waals surface area contributed by atoms with E-state index in [-0.39, 0.29) is 5.82 Å². The second-order valence-electron chi connectivity index (χ2n) is 6.45. The van der Waals surface area contributed by atoms with Crippen LogP contribution in [0, 0.1) is 5.92 Å². The molecule has 8 nitrogen and oxygen atoms in total. The summed E-state index contributed by atoms with van der Waals surface area (Å²) in [5, 5.41) is 15.6. The fourth-order valence-electron chi connectivity index (χ4n) is 3.20. The molecular weight excluding hydrogens is 294 g/mol. The summed E-state index contributed by atoms with van der Waals surface area (Å²) in [7, 11) is 0. The highest BCUT2D eigenvalue weighted by Crippen LogP contribution is 2.26. The molecule has 0 spiro atoms. The topological polar surface area (TPSA) is 125 Å². The Balaban J connectivity index is 1.76. The predicted molar refractivity (Wildman–Crippen MR) is 84.7 cm³/mol. The number of amides is 1. The first-order chi connectivity index (χ1) is 11.0. The van der Waals surface area contributed by atoms with E-state index in [9.17, 15) is 4.79 Å². The monoisotopic (exact) mass is 317 g/mol. The molecule has 5 N–H and O–H groups in total. The fraction of sp³-hybridized carbons (Fsp3) is 0.600. The van der Waals surface area contributed by atoms with Gasteiger partial charge in [-0.1, -0.05) is 6.08 Å². The molecule has 1 fully saturated rings. The molecule has 1 aliphatic heterocycles. The van der Waals surface area contributed by atoms with Crippen LogP contribution in [-0.2, 0) is 16.9 Å². The molecule has 0 aromatic carbocycles. The van der Waals surface area contributed by atoms with Crippen molar-refractivity contribution in [3.05, 3.63) is 29.7 Å². The normalized spacial score (nSPS) is 30.6. The number of dihydropyridines is 1. The Labute approximate surface area is 135 Å². The maximum Gasteiger partial charge on any atom is 0.255 e. The fourth-order valence-corrected chi connectivity index (χ4v) is 3.20. The van der Waals surface area contributed by atoms with Gasteiger partial charge >= 0.3 is 0 Å². The molecule has 1 unspecified atom stereocenters. The van der Waals surface area contributed by atoms with E-state index in [1.807, 2.05) is 13.0 Å². The minimum absolute atomic E-state index is 0.279. The maximum atomic E-state index is 12.0. The molecule has 1 aromatic heterocycles. The van der Waals surface area contributed by atoms with Crippen LogP contribution in [0.2, 0.25) is 0 Å². The number of nitrogens with one attached hydrogen (secondary N) is 1. The van der Waals surface area contributed by atoms with Gasteiger partial charge in [-0.3, -0.25) is 4.79 Å². The van der Waals surface area contributed by atoms with Crippen molar-refractivity contribution < 1.29 is 4.79 Å². The number of hydrogen-bond acceptors (Lipinski definition) is 6. The number of hydrogen-bond donors (Lipinski definition) is 3. The molecule has 1 saturated carbocycles. The average molecular weight is 317 g/mol. The number of carbonyl (C=O) groups excluding carboxylic acids is 1. The Kier molecular flexibility index (Phi) is 4.16.